The van der Waals surface area contributed by atoms with E-state index in [1.165, 1.54) is 7.05 Å². The minimum atomic E-state index is -4.43. The molecule has 0 spiro atoms. The number of hydrogen-bond acceptors (Lipinski definition) is 6. The van der Waals surface area contributed by atoms with Gasteiger partial charge < -0.3 is 9.64 Å². The van der Waals surface area contributed by atoms with Crippen molar-refractivity contribution in [2.75, 3.05) is 33.4 Å². The van der Waals surface area contributed by atoms with Crippen LogP contribution in [0.15, 0.2) is 0 Å². The number of carbonyl (C=O) groups is 1. The van der Waals surface area contributed by atoms with Crippen LogP contribution >= 0.6 is 11.6 Å². The number of alkyl halides is 4. The van der Waals surface area contributed by atoms with E-state index in [0.29, 0.717) is 24.9 Å². The summed E-state index contributed by atoms with van der Waals surface area (Å²) in [5.41, 5.74) is 3.34. The summed E-state index contributed by atoms with van der Waals surface area (Å²) in [6.07, 6.45) is 1.36. The number of rotatable bonds is 4. The number of ether oxygens (including phenoxy) is 1. The Morgan fingerprint density at radius 1 is 1.15 bits per heavy atom. The predicted molar refractivity (Wildman–Crippen MR) is 117 cm³/mol. The quantitative estimate of drug-likeness (QED) is 0.462. The fraction of sp³-hybridized carbons (Fsp3) is 0.955. The molecule has 0 aromatic carbocycles. The average molecular weight is 494 g/mol. The molecule has 4 aliphatic heterocycles. The molecule has 5 aliphatic rings. The summed E-state index contributed by atoms with van der Waals surface area (Å²) < 4.78 is 47.2. The highest BCUT2D eigenvalue weighted by atomic mass is 35.5. The standard InChI is InChI=1S/C22H35ClF3N5O2/c1-29(21(32)14-11-33-12-14)20(22(24,25)26)13-4-6-15(7-5-13)30-8-2-3-16-17(30)10-27-19-9-18(23)28-31(16)19/h13-20,27-28H,2-12H2,1H3/t13?,15?,16?,17?,18?,19?,20-/m0/s1. The molecule has 0 aromatic rings. The Balaban J connectivity index is 1.23. The van der Waals surface area contributed by atoms with Crippen LogP contribution in [0, 0.1) is 11.8 Å². The van der Waals surface area contributed by atoms with Crippen LogP contribution in [0.3, 0.4) is 0 Å². The van der Waals surface area contributed by atoms with Gasteiger partial charge in [0.25, 0.3) is 0 Å². The monoisotopic (exact) mass is 493 g/mol. The second-order valence-corrected chi connectivity index (χ2v) is 10.9. The summed E-state index contributed by atoms with van der Waals surface area (Å²) in [4.78, 5) is 16.1. The van der Waals surface area contributed by atoms with Gasteiger partial charge in [0.15, 0.2) is 0 Å². The third kappa shape index (κ3) is 4.63. The topological polar surface area (TPSA) is 60.1 Å². The number of amides is 1. The van der Waals surface area contributed by atoms with E-state index in [1.807, 2.05) is 0 Å². The third-order valence-corrected chi connectivity index (χ3v) is 8.78. The van der Waals surface area contributed by atoms with Gasteiger partial charge in [-0.3, -0.25) is 15.0 Å². The van der Waals surface area contributed by atoms with Gasteiger partial charge in [-0.15, -0.1) is 11.6 Å². The van der Waals surface area contributed by atoms with Crippen LogP contribution in [0.5, 0.6) is 0 Å². The lowest BCUT2D eigenvalue weighted by atomic mass is 9.78. The van der Waals surface area contributed by atoms with Crippen LogP contribution < -0.4 is 10.7 Å². The van der Waals surface area contributed by atoms with Crippen LogP contribution in [-0.4, -0.2) is 96.1 Å². The number of nitrogens with one attached hydrogen (secondary N) is 2. The molecule has 5 rings (SSSR count). The van der Waals surface area contributed by atoms with Crippen molar-refractivity contribution in [2.45, 2.75) is 87.0 Å². The fourth-order valence-electron chi connectivity index (χ4n) is 6.83. The third-order valence-electron chi connectivity index (χ3n) is 8.51. The van der Waals surface area contributed by atoms with Crippen molar-refractivity contribution in [3.05, 3.63) is 0 Å². The average Bonchev–Trinajstić information content (AvgIpc) is 3.12. The number of piperidine rings is 1. The molecular formula is C22H35ClF3N5O2. The Bertz CT molecular complexity index is 719. The lowest BCUT2D eigenvalue weighted by Crippen LogP contribution is -2.70. The molecule has 4 unspecified atom stereocenters. The van der Waals surface area contributed by atoms with E-state index in [0.717, 1.165) is 50.1 Å². The summed E-state index contributed by atoms with van der Waals surface area (Å²) >= 11 is 6.33. The van der Waals surface area contributed by atoms with Gasteiger partial charge in [0.2, 0.25) is 5.91 Å². The smallest absolute Gasteiger partial charge is 0.380 e. The predicted octanol–water partition coefficient (Wildman–Crippen LogP) is 2.12. The second kappa shape index (κ2) is 9.43. The second-order valence-electron chi connectivity index (χ2n) is 10.4. The number of nitrogens with zero attached hydrogens (tertiary/aromatic N) is 3. The number of fused-ring (bicyclic) bond motifs is 3. The fourth-order valence-corrected chi connectivity index (χ4v) is 7.11. The lowest BCUT2D eigenvalue weighted by Gasteiger charge is -2.53. The van der Waals surface area contributed by atoms with Crippen molar-refractivity contribution in [3.8, 4) is 0 Å². The highest BCUT2D eigenvalue weighted by molar-refractivity contribution is 6.20. The Kier molecular flexibility index (Phi) is 6.87. The van der Waals surface area contributed by atoms with Gasteiger partial charge in [0.1, 0.15) is 6.04 Å². The summed E-state index contributed by atoms with van der Waals surface area (Å²) in [5.74, 6) is -1.43. The van der Waals surface area contributed by atoms with E-state index in [4.69, 9.17) is 16.3 Å². The molecule has 5 fully saturated rings. The van der Waals surface area contributed by atoms with E-state index in [2.05, 4.69) is 20.7 Å². The highest BCUT2D eigenvalue weighted by Gasteiger charge is 2.52. The van der Waals surface area contributed by atoms with Crippen molar-refractivity contribution in [1.29, 1.82) is 0 Å². The largest absolute Gasteiger partial charge is 0.409 e. The molecule has 4 heterocycles. The first-order valence-corrected chi connectivity index (χ1v) is 12.8. The van der Waals surface area contributed by atoms with Gasteiger partial charge in [-0.25, -0.2) is 10.4 Å². The van der Waals surface area contributed by atoms with Crippen LogP contribution in [0.4, 0.5) is 13.2 Å². The van der Waals surface area contributed by atoms with E-state index < -0.39 is 30.0 Å². The highest BCUT2D eigenvalue weighted by Crippen LogP contribution is 2.41. The summed E-state index contributed by atoms with van der Waals surface area (Å²) in [7, 11) is 1.32. The van der Waals surface area contributed by atoms with Crippen molar-refractivity contribution in [1.82, 2.24) is 25.6 Å². The van der Waals surface area contributed by atoms with Crippen molar-refractivity contribution < 1.29 is 22.7 Å². The molecular weight excluding hydrogens is 459 g/mol. The maximum atomic E-state index is 14.1. The molecule has 0 bridgehead atoms. The Morgan fingerprint density at radius 3 is 2.52 bits per heavy atom. The molecule has 0 aromatic heterocycles. The Labute approximate surface area is 198 Å². The molecule has 2 N–H and O–H groups in total. The van der Waals surface area contributed by atoms with Crippen molar-refractivity contribution in [3.63, 3.8) is 0 Å². The van der Waals surface area contributed by atoms with Gasteiger partial charge in [-0.05, 0) is 51.0 Å². The Morgan fingerprint density at radius 2 is 1.88 bits per heavy atom. The molecule has 0 radical (unpaired) electrons. The van der Waals surface area contributed by atoms with Gasteiger partial charge in [0, 0.05) is 38.1 Å². The minimum absolute atomic E-state index is 0.0578. The van der Waals surface area contributed by atoms with Crippen LogP contribution in [0.2, 0.25) is 0 Å². The van der Waals surface area contributed by atoms with E-state index in [-0.39, 0.29) is 30.9 Å². The van der Waals surface area contributed by atoms with Gasteiger partial charge in [0.05, 0.1) is 30.8 Å². The normalized spacial score (nSPS) is 39.4. The van der Waals surface area contributed by atoms with E-state index in [9.17, 15) is 18.0 Å². The van der Waals surface area contributed by atoms with Gasteiger partial charge in [-0.1, -0.05) is 0 Å². The Hall–Kier alpha value is -0.650. The molecule has 1 saturated carbocycles. The van der Waals surface area contributed by atoms with Gasteiger partial charge in [-0.2, -0.15) is 13.2 Å². The molecule has 5 atom stereocenters. The van der Waals surface area contributed by atoms with Crippen molar-refractivity contribution >= 4 is 17.5 Å². The maximum absolute atomic E-state index is 14.1. The lowest BCUT2D eigenvalue weighted by molar-refractivity contribution is -0.207. The molecule has 1 aliphatic carbocycles. The zero-order valence-electron chi connectivity index (χ0n) is 19.1. The number of halogens is 4. The van der Waals surface area contributed by atoms with Crippen LogP contribution in [0.1, 0.15) is 44.9 Å². The van der Waals surface area contributed by atoms with Gasteiger partial charge >= 0.3 is 6.18 Å². The summed E-state index contributed by atoms with van der Waals surface area (Å²) in [6, 6.07) is -0.709. The number of hydrogen-bond donors (Lipinski definition) is 2. The number of hydrazine groups is 1. The number of carbonyl (C=O) groups excluding carboxylic acids is 1. The first-order valence-electron chi connectivity index (χ1n) is 12.3. The number of likely N-dealkylation sites (tertiary alicyclic amines) is 1. The molecule has 188 valence electrons. The summed E-state index contributed by atoms with van der Waals surface area (Å²) in [5, 5.41) is 5.90. The first-order chi connectivity index (χ1) is 15.7. The molecule has 11 heteroatoms. The van der Waals surface area contributed by atoms with Crippen molar-refractivity contribution in [2.24, 2.45) is 11.8 Å². The maximum Gasteiger partial charge on any atom is 0.409 e. The zero-order valence-corrected chi connectivity index (χ0v) is 19.8. The van der Waals surface area contributed by atoms with Crippen LogP contribution in [-0.2, 0) is 9.53 Å². The molecule has 1 amide bonds. The van der Waals surface area contributed by atoms with E-state index in [1.54, 1.807) is 0 Å². The zero-order chi connectivity index (χ0) is 23.3. The molecule has 7 nitrogen and oxygen atoms in total. The van der Waals surface area contributed by atoms with Crippen LogP contribution in [0.25, 0.3) is 0 Å². The first kappa shape index (κ1) is 24.1. The molecule has 4 saturated heterocycles. The SMILES string of the molecule is CN(C(=O)C1COC1)[C@@H](C1CCC(N2CCCC3C2CNC2CC(Cl)NN23)CC1)C(F)(F)F. The minimum Gasteiger partial charge on any atom is -0.380 e. The van der Waals surface area contributed by atoms with E-state index >= 15 is 0 Å². The summed E-state index contributed by atoms with van der Waals surface area (Å²) in [6.45, 7) is 2.33. The molecule has 33 heavy (non-hydrogen) atoms.